The molecule has 146 valence electrons. The molecular weight excluding hydrogens is 378 g/mol. The summed E-state index contributed by atoms with van der Waals surface area (Å²) in [6.45, 7) is 8.26. The highest BCUT2D eigenvalue weighted by molar-refractivity contribution is 8.18. The Bertz CT molecular complexity index is 1150. The van der Waals surface area contributed by atoms with Crippen LogP contribution in [0.2, 0.25) is 0 Å². The number of nitrogens with zero attached hydrogens (tertiary/aromatic N) is 2. The van der Waals surface area contributed by atoms with Gasteiger partial charge in [0.15, 0.2) is 5.17 Å². The van der Waals surface area contributed by atoms with Gasteiger partial charge in [0.25, 0.3) is 5.91 Å². The summed E-state index contributed by atoms with van der Waals surface area (Å²) in [5.74, 6) is -0.109. The van der Waals surface area contributed by atoms with Gasteiger partial charge in [-0.3, -0.25) is 4.79 Å². The lowest BCUT2D eigenvalue weighted by Gasteiger charge is -2.10. The number of benzene rings is 2. The van der Waals surface area contributed by atoms with E-state index in [1.807, 2.05) is 37.3 Å². The average molecular weight is 402 g/mol. The van der Waals surface area contributed by atoms with Crippen molar-refractivity contribution in [2.75, 3.05) is 0 Å². The van der Waals surface area contributed by atoms with Gasteiger partial charge in [-0.05, 0) is 80.9 Å². The third-order valence-electron chi connectivity index (χ3n) is 5.04. The van der Waals surface area contributed by atoms with Crippen molar-refractivity contribution in [3.05, 3.63) is 87.6 Å². The Morgan fingerprint density at radius 3 is 2.45 bits per heavy atom. The molecule has 29 heavy (non-hydrogen) atoms. The Kier molecular flexibility index (Phi) is 5.16. The van der Waals surface area contributed by atoms with Gasteiger partial charge in [-0.25, -0.2) is 4.99 Å². The maximum atomic E-state index is 12.5. The first-order valence-electron chi connectivity index (χ1n) is 9.53. The number of aryl methyl sites for hydroxylation is 3. The molecular formula is C24H23N3OS. The molecule has 0 aliphatic carbocycles. The molecule has 1 aliphatic heterocycles. The number of hydrogen-bond acceptors (Lipinski definition) is 3. The van der Waals surface area contributed by atoms with Gasteiger partial charge < -0.3 is 9.88 Å². The zero-order valence-electron chi connectivity index (χ0n) is 17.0. The van der Waals surface area contributed by atoms with E-state index in [1.165, 1.54) is 17.3 Å². The van der Waals surface area contributed by atoms with Crippen molar-refractivity contribution in [3.63, 3.8) is 0 Å². The minimum absolute atomic E-state index is 0.109. The van der Waals surface area contributed by atoms with Crippen LogP contribution in [0, 0.1) is 27.7 Å². The summed E-state index contributed by atoms with van der Waals surface area (Å²) >= 11 is 1.38. The van der Waals surface area contributed by atoms with E-state index in [9.17, 15) is 4.79 Å². The second-order valence-electron chi connectivity index (χ2n) is 7.27. The van der Waals surface area contributed by atoms with Crippen LogP contribution in [0.25, 0.3) is 11.8 Å². The van der Waals surface area contributed by atoms with Crippen molar-refractivity contribution in [2.24, 2.45) is 4.99 Å². The molecule has 0 spiro atoms. The molecule has 1 aromatic heterocycles. The van der Waals surface area contributed by atoms with Crippen molar-refractivity contribution >= 4 is 34.6 Å². The number of thioether (sulfide) groups is 1. The van der Waals surface area contributed by atoms with Gasteiger partial charge in [0.1, 0.15) is 0 Å². The molecule has 1 fully saturated rings. The molecule has 4 nitrogen and oxygen atoms in total. The molecule has 0 atom stereocenters. The molecule has 1 saturated heterocycles. The van der Waals surface area contributed by atoms with Crippen LogP contribution in [-0.2, 0) is 4.79 Å². The highest BCUT2D eigenvalue weighted by Gasteiger charge is 2.24. The van der Waals surface area contributed by atoms with E-state index in [0.29, 0.717) is 10.1 Å². The van der Waals surface area contributed by atoms with E-state index in [1.54, 1.807) is 0 Å². The van der Waals surface area contributed by atoms with Gasteiger partial charge in [0.05, 0.1) is 10.6 Å². The Balaban J connectivity index is 1.65. The molecule has 1 N–H and O–H groups in total. The number of carbonyl (C=O) groups excluding carboxylic acids is 1. The summed E-state index contributed by atoms with van der Waals surface area (Å²) in [6.07, 6.45) is 1.95. The summed E-state index contributed by atoms with van der Waals surface area (Å²) in [5.41, 5.74) is 7.59. The van der Waals surface area contributed by atoms with Gasteiger partial charge in [0.2, 0.25) is 0 Å². The van der Waals surface area contributed by atoms with Crippen LogP contribution in [0.1, 0.15) is 28.1 Å². The highest BCUT2D eigenvalue weighted by atomic mass is 32.2. The number of para-hydroxylation sites is 1. The number of carbonyl (C=O) groups is 1. The number of amides is 1. The zero-order chi connectivity index (χ0) is 20.5. The third-order valence-corrected chi connectivity index (χ3v) is 5.95. The molecule has 5 heteroatoms. The van der Waals surface area contributed by atoms with Crippen LogP contribution in [0.15, 0.2) is 64.5 Å². The van der Waals surface area contributed by atoms with E-state index in [2.05, 4.69) is 66.0 Å². The van der Waals surface area contributed by atoms with Gasteiger partial charge >= 0.3 is 0 Å². The van der Waals surface area contributed by atoms with Gasteiger partial charge in [-0.2, -0.15) is 0 Å². The highest BCUT2D eigenvalue weighted by Crippen LogP contribution is 2.31. The van der Waals surface area contributed by atoms with E-state index in [0.717, 1.165) is 33.9 Å². The summed E-state index contributed by atoms with van der Waals surface area (Å²) in [4.78, 5) is 17.7. The fraction of sp³-hybridized carbons (Fsp3) is 0.167. The predicted octanol–water partition coefficient (Wildman–Crippen LogP) is 5.60. The minimum atomic E-state index is -0.109. The first-order valence-corrected chi connectivity index (χ1v) is 10.4. The quantitative estimate of drug-likeness (QED) is 0.581. The van der Waals surface area contributed by atoms with Crippen LogP contribution < -0.4 is 5.32 Å². The Morgan fingerprint density at radius 2 is 1.72 bits per heavy atom. The normalized spacial score (nSPS) is 16.6. The number of hydrogen-bond donors (Lipinski definition) is 1. The smallest absolute Gasteiger partial charge is 0.264 e. The van der Waals surface area contributed by atoms with E-state index >= 15 is 0 Å². The van der Waals surface area contributed by atoms with Crippen LogP contribution in [0.4, 0.5) is 5.69 Å². The SMILES string of the molecule is Cc1ccc(-n2c(C)cc(/C=C3\SC(=Nc4ccccc4C)NC3=O)c2C)cc1. The summed E-state index contributed by atoms with van der Waals surface area (Å²) in [7, 11) is 0. The summed E-state index contributed by atoms with van der Waals surface area (Å²) in [6, 6.07) is 18.5. The molecule has 0 radical (unpaired) electrons. The fourth-order valence-electron chi connectivity index (χ4n) is 3.44. The maximum Gasteiger partial charge on any atom is 0.264 e. The zero-order valence-corrected chi connectivity index (χ0v) is 17.8. The first-order chi connectivity index (χ1) is 13.9. The predicted molar refractivity (Wildman–Crippen MR) is 122 cm³/mol. The minimum Gasteiger partial charge on any atom is -0.318 e. The lowest BCUT2D eigenvalue weighted by Crippen LogP contribution is -2.19. The largest absolute Gasteiger partial charge is 0.318 e. The number of rotatable bonds is 3. The van der Waals surface area contributed by atoms with Crippen molar-refractivity contribution in [2.45, 2.75) is 27.7 Å². The molecule has 0 bridgehead atoms. The van der Waals surface area contributed by atoms with Crippen molar-refractivity contribution in [1.29, 1.82) is 0 Å². The molecule has 0 unspecified atom stereocenters. The van der Waals surface area contributed by atoms with Gasteiger partial charge in [0, 0.05) is 17.1 Å². The second-order valence-corrected chi connectivity index (χ2v) is 8.30. The average Bonchev–Trinajstić information content (AvgIpc) is 3.17. The third kappa shape index (κ3) is 3.91. The van der Waals surface area contributed by atoms with E-state index < -0.39 is 0 Å². The molecule has 3 aromatic rings. The van der Waals surface area contributed by atoms with E-state index in [-0.39, 0.29) is 5.91 Å². The Morgan fingerprint density at radius 1 is 1.00 bits per heavy atom. The summed E-state index contributed by atoms with van der Waals surface area (Å²) < 4.78 is 2.21. The van der Waals surface area contributed by atoms with Crippen LogP contribution in [0.3, 0.4) is 0 Å². The summed E-state index contributed by atoms with van der Waals surface area (Å²) in [5, 5.41) is 3.49. The van der Waals surface area contributed by atoms with Crippen molar-refractivity contribution < 1.29 is 4.79 Å². The Hall–Kier alpha value is -3.05. The Labute approximate surface area is 175 Å². The van der Waals surface area contributed by atoms with Crippen LogP contribution >= 0.6 is 11.8 Å². The van der Waals surface area contributed by atoms with Gasteiger partial charge in [-0.1, -0.05) is 35.9 Å². The maximum absolute atomic E-state index is 12.5. The molecule has 1 aliphatic rings. The number of aliphatic imine (C=N–C) groups is 1. The van der Waals surface area contributed by atoms with Crippen LogP contribution in [-0.4, -0.2) is 15.6 Å². The van der Waals surface area contributed by atoms with Crippen molar-refractivity contribution in [1.82, 2.24) is 9.88 Å². The van der Waals surface area contributed by atoms with Crippen molar-refractivity contribution in [3.8, 4) is 5.69 Å². The number of aromatic nitrogens is 1. The standard InChI is InChI=1S/C24H23N3OS/c1-15-9-11-20(12-10-15)27-17(3)13-19(18(27)4)14-22-23(28)26-24(29-22)25-21-8-6-5-7-16(21)2/h5-14H,1-4H3,(H,25,26,28)/b22-14-. The number of nitrogens with one attached hydrogen (secondary N) is 1. The lowest BCUT2D eigenvalue weighted by atomic mass is 10.2. The fourth-order valence-corrected chi connectivity index (χ4v) is 4.27. The van der Waals surface area contributed by atoms with E-state index in [4.69, 9.17) is 0 Å². The number of amidine groups is 1. The van der Waals surface area contributed by atoms with Gasteiger partial charge in [-0.15, -0.1) is 0 Å². The molecule has 0 saturated carbocycles. The molecule has 1 amide bonds. The monoisotopic (exact) mass is 401 g/mol. The second kappa shape index (κ2) is 7.76. The molecule has 2 aromatic carbocycles. The van der Waals surface area contributed by atoms with Crippen LogP contribution in [0.5, 0.6) is 0 Å². The molecule has 4 rings (SSSR count). The first kappa shape index (κ1) is 19.3. The molecule has 2 heterocycles. The topological polar surface area (TPSA) is 46.4 Å². The lowest BCUT2D eigenvalue weighted by molar-refractivity contribution is -0.115.